The molecule has 2 amide bonds. The molecule has 1 aromatic heterocycles. The zero-order valence-corrected chi connectivity index (χ0v) is 10.1. The number of rotatable bonds is 6. The summed E-state index contributed by atoms with van der Waals surface area (Å²) in [6.07, 6.45) is 4.70. The quantitative estimate of drug-likeness (QED) is 0.651. The van der Waals surface area contributed by atoms with Crippen LogP contribution in [0.4, 0.5) is 4.79 Å². The maximum Gasteiger partial charge on any atom is 0.323 e. The zero-order chi connectivity index (χ0) is 13.5. The minimum absolute atomic E-state index is 0.170. The molecular formula is C11H16N4O3. The van der Waals surface area contributed by atoms with Crippen LogP contribution in [0.5, 0.6) is 0 Å². The highest BCUT2D eigenvalue weighted by atomic mass is 16.4. The first-order valence-electron chi connectivity index (χ1n) is 5.42. The smallest absolute Gasteiger partial charge is 0.323 e. The first-order valence-corrected chi connectivity index (χ1v) is 5.42. The number of aromatic nitrogens is 2. The van der Waals surface area contributed by atoms with Gasteiger partial charge in [0, 0.05) is 18.9 Å². The maximum atomic E-state index is 11.8. The van der Waals surface area contributed by atoms with E-state index >= 15 is 0 Å². The number of carboxylic acids is 1. The third-order valence-corrected chi connectivity index (χ3v) is 2.23. The Kier molecular flexibility index (Phi) is 4.91. The average molecular weight is 252 g/mol. The molecule has 0 aliphatic carbocycles. The molecule has 0 bridgehead atoms. The van der Waals surface area contributed by atoms with E-state index in [1.54, 1.807) is 19.3 Å². The summed E-state index contributed by atoms with van der Waals surface area (Å²) in [4.78, 5) is 30.5. The second kappa shape index (κ2) is 6.43. The average Bonchev–Trinajstić information content (AvgIpc) is 2.81. The molecule has 98 valence electrons. The molecule has 1 heterocycles. The van der Waals surface area contributed by atoms with Gasteiger partial charge in [0.15, 0.2) is 0 Å². The molecule has 0 aromatic carbocycles. The van der Waals surface area contributed by atoms with Crippen molar-refractivity contribution in [2.45, 2.75) is 13.0 Å². The topological polar surface area (TPSA) is 98.3 Å². The Labute approximate surface area is 105 Å². The molecule has 0 saturated heterocycles. The SMILES string of the molecule is C=CCN(CC(=O)O)C(=O)NC(C)c1ncc[nH]1. The van der Waals surface area contributed by atoms with Crippen LogP contribution < -0.4 is 5.32 Å². The molecule has 3 N–H and O–H groups in total. The van der Waals surface area contributed by atoms with Gasteiger partial charge >= 0.3 is 12.0 Å². The second-order valence-corrected chi connectivity index (χ2v) is 3.71. The van der Waals surface area contributed by atoms with E-state index in [0.29, 0.717) is 5.82 Å². The van der Waals surface area contributed by atoms with Crippen molar-refractivity contribution in [3.63, 3.8) is 0 Å². The first kappa shape index (κ1) is 13.8. The van der Waals surface area contributed by atoms with Crippen LogP contribution in [-0.2, 0) is 4.79 Å². The van der Waals surface area contributed by atoms with E-state index in [0.717, 1.165) is 4.90 Å². The number of aliphatic carboxylic acids is 1. The predicted molar refractivity (Wildman–Crippen MR) is 64.9 cm³/mol. The van der Waals surface area contributed by atoms with Crippen molar-refractivity contribution in [2.24, 2.45) is 0 Å². The standard InChI is InChI=1S/C11H16N4O3/c1-3-6-15(7-9(16)17)11(18)14-8(2)10-12-4-5-13-10/h3-5,8H,1,6-7H2,2H3,(H,12,13)(H,14,18)(H,16,17). The molecule has 1 atom stereocenters. The van der Waals surface area contributed by atoms with Crippen molar-refractivity contribution >= 4 is 12.0 Å². The monoisotopic (exact) mass is 252 g/mol. The number of urea groups is 1. The maximum absolute atomic E-state index is 11.8. The lowest BCUT2D eigenvalue weighted by atomic mass is 10.3. The van der Waals surface area contributed by atoms with Gasteiger partial charge in [-0.2, -0.15) is 0 Å². The first-order chi connectivity index (χ1) is 8.54. The van der Waals surface area contributed by atoms with Crippen LogP contribution in [0.3, 0.4) is 0 Å². The highest BCUT2D eigenvalue weighted by Gasteiger charge is 2.18. The Balaban J connectivity index is 2.60. The Morgan fingerprint density at radius 3 is 2.94 bits per heavy atom. The second-order valence-electron chi connectivity index (χ2n) is 3.71. The number of nitrogens with one attached hydrogen (secondary N) is 2. The summed E-state index contributed by atoms with van der Waals surface area (Å²) in [6, 6.07) is -0.796. The molecule has 0 aliphatic heterocycles. The van der Waals surface area contributed by atoms with Gasteiger partial charge in [0.25, 0.3) is 0 Å². The lowest BCUT2D eigenvalue weighted by Crippen LogP contribution is -2.43. The third kappa shape index (κ3) is 3.93. The molecule has 1 rings (SSSR count). The molecular weight excluding hydrogens is 236 g/mol. The van der Waals surface area contributed by atoms with Gasteiger partial charge in [0.05, 0.1) is 6.04 Å². The number of carbonyl (C=O) groups is 2. The van der Waals surface area contributed by atoms with E-state index in [2.05, 4.69) is 21.9 Å². The fourth-order valence-corrected chi connectivity index (χ4v) is 1.40. The molecule has 0 spiro atoms. The summed E-state index contributed by atoms with van der Waals surface area (Å²) in [5.41, 5.74) is 0. The molecule has 7 nitrogen and oxygen atoms in total. The van der Waals surface area contributed by atoms with Crippen molar-refractivity contribution < 1.29 is 14.7 Å². The summed E-state index contributed by atoms with van der Waals surface area (Å²) in [5, 5.41) is 11.4. The van der Waals surface area contributed by atoms with Crippen LogP contribution in [0.1, 0.15) is 18.8 Å². The highest BCUT2D eigenvalue weighted by Crippen LogP contribution is 2.06. The number of hydrogen-bond donors (Lipinski definition) is 3. The largest absolute Gasteiger partial charge is 0.480 e. The highest BCUT2D eigenvalue weighted by molar-refractivity contribution is 5.80. The number of aromatic amines is 1. The van der Waals surface area contributed by atoms with Gasteiger partial charge < -0.3 is 20.3 Å². The van der Waals surface area contributed by atoms with Crippen LogP contribution >= 0.6 is 0 Å². The number of carbonyl (C=O) groups excluding carboxylic acids is 1. The van der Waals surface area contributed by atoms with Gasteiger partial charge in [-0.1, -0.05) is 6.08 Å². The molecule has 0 aliphatic rings. The van der Waals surface area contributed by atoms with Crippen LogP contribution in [0.15, 0.2) is 25.0 Å². The van der Waals surface area contributed by atoms with Gasteiger partial charge in [0.2, 0.25) is 0 Å². The summed E-state index contributed by atoms with van der Waals surface area (Å²) >= 11 is 0. The summed E-state index contributed by atoms with van der Waals surface area (Å²) in [7, 11) is 0. The van der Waals surface area contributed by atoms with Gasteiger partial charge in [-0.3, -0.25) is 4.79 Å². The number of H-pyrrole nitrogens is 1. The third-order valence-electron chi connectivity index (χ3n) is 2.23. The molecule has 7 heteroatoms. The lowest BCUT2D eigenvalue weighted by Gasteiger charge is -2.21. The van der Waals surface area contributed by atoms with Crippen molar-refractivity contribution in [1.29, 1.82) is 0 Å². The van der Waals surface area contributed by atoms with Gasteiger partial charge in [-0.25, -0.2) is 9.78 Å². The van der Waals surface area contributed by atoms with Crippen molar-refractivity contribution in [1.82, 2.24) is 20.2 Å². The van der Waals surface area contributed by atoms with E-state index in [1.807, 2.05) is 0 Å². The fourth-order valence-electron chi connectivity index (χ4n) is 1.40. The Morgan fingerprint density at radius 1 is 1.72 bits per heavy atom. The van der Waals surface area contributed by atoms with Crippen molar-refractivity contribution in [3.05, 3.63) is 30.9 Å². The van der Waals surface area contributed by atoms with Crippen LogP contribution in [0.25, 0.3) is 0 Å². The van der Waals surface area contributed by atoms with E-state index < -0.39 is 12.0 Å². The Hall–Kier alpha value is -2.31. The number of hydrogen-bond acceptors (Lipinski definition) is 3. The molecule has 1 unspecified atom stereocenters. The van der Waals surface area contributed by atoms with Crippen LogP contribution in [-0.4, -0.2) is 45.1 Å². The van der Waals surface area contributed by atoms with E-state index in [-0.39, 0.29) is 19.1 Å². The van der Waals surface area contributed by atoms with E-state index in [1.165, 1.54) is 6.08 Å². The van der Waals surface area contributed by atoms with Crippen molar-refractivity contribution in [3.8, 4) is 0 Å². The molecule has 0 fully saturated rings. The summed E-state index contributed by atoms with van der Waals surface area (Å²) in [5.74, 6) is -0.463. The summed E-state index contributed by atoms with van der Waals surface area (Å²) < 4.78 is 0. The summed E-state index contributed by atoms with van der Waals surface area (Å²) in [6.45, 7) is 5.04. The Bertz CT molecular complexity index is 416. The van der Waals surface area contributed by atoms with Crippen molar-refractivity contribution in [2.75, 3.05) is 13.1 Å². The number of carboxylic acid groups (broad SMARTS) is 1. The molecule has 0 radical (unpaired) electrons. The van der Waals surface area contributed by atoms with Gasteiger partial charge in [0.1, 0.15) is 12.4 Å². The number of imidazole rings is 1. The minimum atomic E-state index is -1.07. The van der Waals surface area contributed by atoms with Gasteiger partial charge in [-0.15, -0.1) is 6.58 Å². The van der Waals surface area contributed by atoms with Crippen LogP contribution in [0, 0.1) is 0 Å². The van der Waals surface area contributed by atoms with Crippen LogP contribution in [0.2, 0.25) is 0 Å². The number of nitrogens with zero attached hydrogens (tertiary/aromatic N) is 2. The normalized spacial score (nSPS) is 11.6. The Morgan fingerprint density at radius 2 is 2.44 bits per heavy atom. The number of amides is 2. The minimum Gasteiger partial charge on any atom is -0.480 e. The van der Waals surface area contributed by atoms with E-state index in [4.69, 9.17) is 5.11 Å². The fraction of sp³-hybridized carbons (Fsp3) is 0.364. The van der Waals surface area contributed by atoms with E-state index in [9.17, 15) is 9.59 Å². The molecule has 18 heavy (non-hydrogen) atoms. The predicted octanol–water partition coefficient (Wildman–Crippen LogP) is 0.753. The zero-order valence-electron chi connectivity index (χ0n) is 10.1. The lowest BCUT2D eigenvalue weighted by molar-refractivity contribution is -0.137. The molecule has 0 saturated carbocycles. The van der Waals surface area contributed by atoms with Gasteiger partial charge in [-0.05, 0) is 6.92 Å². The molecule has 1 aromatic rings.